The van der Waals surface area contributed by atoms with Gasteiger partial charge in [-0.15, -0.1) is 0 Å². The summed E-state index contributed by atoms with van der Waals surface area (Å²) in [4.78, 5) is 37.9. The zero-order valence-corrected chi connectivity index (χ0v) is 17.2. The number of hydroxylamine groups is 1. The third-order valence-corrected chi connectivity index (χ3v) is 5.39. The molecule has 9 heteroatoms. The summed E-state index contributed by atoms with van der Waals surface area (Å²) in [6, 6.07) is 12.8. The maximum atomic E-state index is 13.4. The van der Waals surface area contributed by atoms with E-state index in [1.54, 1.807) is 43.6 Å². The van der Waals surface area contributed by atoms with Gasteiger partial charge in [-0.25, -0.2) is 19.6 Å². The van der Waals surface area contributed by atoms with Crippen molar-refractivity contribution in [3.05, 3.63) is 59.9 Å². The molecule has 0 aromatic heterocycles. The Morgan fingerprint density at radius 2 is 1.94 bits per heavy atom. The lowest BCUT2D eigenvalue weighted by molar-refractivity contribution is -0.155. The molecule has 1 aliphatic rings. The summed E-state index contributed by atoms with van der Waals surface area (Å²) in [6.45, 7) is 2.88. The number of hydrogen-bond donors (Lipinski definition) is 3. The Hall–Kier alpha value is -3.30. The van der Waals surface area contributed by atoms with Gasteiger partial charge in [-0.3, -0.25) is 14.8 Å². The van der Waals surface area contributed by atoms with Gasteiger partial charge in [-0.2, -0.15) is 0 Å². The molecule has 3 N–H and O–H groups in total. The van der Waals surface area contributed by atoms with Crippen LogP contribution in [0.25, 0.3) is 11.1 Å². The first kappa shape index (κ1) is 22.4. The summed E-state index contributed by atoms with van der Waals surface area (Å²) in [5.41, 5.74) is 2.20. The van der Waals surface area contributed by atoms with E-state index in [0.29, 0.717) is 0 Å². The number of nitrogens with one attached hydrogen (secondary N) is 2. The zero-order chi connectivity index (χ0) is 22.6. The highest BCUT2D eigenvalue weighted by molar-refractivity contribution is 6.07. The Labute approximate surface area is 179 Å². The zero-order valence-electron chi connectivity index (χ0n) is 17.2. The van der Waals surface area contributed by atoms with Crippen molar-refractivity contribution in [2.75, 3.05) is 13.2 Å². The predicted octanol–water partition coefficient (Wildman–Crippen LogP) is 2.46. The van der Waals surface area contributed by atoms with E-state index in [-0.39, 0.29) is 25.6 Å². The number of imide groups is 1. The molecule has 1 unspecified atom stereocenters. The molecule has 31 heavy (non-hydrogen) atoms. The average Bonchev–Trinajstić information content (AvgIpc) is 3.09. The standard InChI is InChI=1S/C22H24FN3O5/c1-14(2)22(20(28)25-30,26-19(27)11-24-21(26)29)13-31-12-15-6-8-16(9-7-15)17-4-3-5-18(23)10-17/h3-10,14,30H,11-13H2,1-2H3,(H,24,29)(H,25,28). The molecule has 1 atom stereocenters. The number of urea groups is 1. The number of halogens is 1. The number of benzene rings is 2. The second-order valence-electron chi connectivity index (χ2n) is 7.61. The van der Waals surface area contributed by atoms with Crippen molar-refractivity contribution >= 4 is 17.8 Å². The van der Waals surface area contributed by atoms with Gasteiger partial charge in [0.15, 0.2) is 5.54 Å². The Bertz CT molecular complexity index is 963. The molecule has 0 spiro atoms. The molecular weight excluding hydrogens is 405 g/mol. The van der Waals surface area contributed by atoms with Crippen molar-refractivity contribution in [1.29, 1.82) is 0 Å². The quantitative estimate of drug-likeness (QED) is 0.339. The van der Waals surface area contributed by atoms with Crippen LogP contribution in [0.4, 0.5) is 9.18 Å². The monoisotopic (exact) mass is 429 g/mol. The van der Waals surface area contributed by atoms with Crippen molar-refractivity contribution in [3.8, 4) is 11.1 Å². The molecule has 1 saturated heterocycles. The largest absolute Gasteiger partial charge is 0.374 e. The molecule has 8 nitrogen and oxygen atoms in total. The van der Waals surface area contributed by atoms with Crippen LogP contribution in [0.1, 0.15) is 19.4 Å². The first-order valence-electron chi connectivity index (χ1n) is 9.77. The van der Waals surface area contributed by atoms with E-state index in [9.17, 15) is 24.0 Å². The van der Waals surface area contributed by atoms with E-state index in [2.05, 4.69) is 5.32 Å². The van der Waals surface area contributed by atoms with E-state index in [0.717, 1.165) is 21.6 Å². The maximum Gasteiger partial charge on any atom is 0.325 e. The van der Waals surface area contributed by atoms with Crippen LogP contribution in [0.5, 0.6) is 0 Å². The van der Waals surface area contributed by atoms with E-state index < -0.39 is 29.3 Å². The van der Waals surface area contributed by atoms with Gasteiger partial charge < -0.3 is 10.1 Å². The molecule has 1 heterocycles. The van der Waals surface area contributed by atoms with Crippen molar-refractivity contribution < 1.29 is 28.7 Å². The third-order valence-electron chi connectivity index (χ3n) is 5.39. The van der Waals surface area contributed by atoms with Crippen molar-refractivity contribution in [2.45, 2.75) is 26.0 Å². The summed E-state index contributed by atoms with van der Waals surface area (Å²) < 4.78 is 19.2. The topological polar surface area (TPSA) is 108 Å². The number of rotatable bonds is 8. The minimum Gasteiger partial charge on any atom is -0.374 e. The molecule has 2 aromatic rings. The summed E-state index contributed by atoms with van der Waals surface area (Å²) in [7, 11) is 0. The van der Waals surface area contributed by atoms with Gasteiger partial charge in [-0.05, 0) is 34.7 Å². The van der Waals surface area contributed by atoms with Gasteiger partial charge in [-0.1, -0.05) is 50.2 Å². The molecule has 0 saturated carbocycles. The fourth-order valence-corrected chi connectivity index (χ4v) is 3.63. The van der Waals surface area contributed by atoms with Crippen LogP contribution in [0.3, 0.4) is 0 Å². The average molecular weight is 429 g/mol. The van der Waals surface area contributed by atoms with Crippen LogP contribution >= 0.6 is 0 Å². The molecule has 0 aliphatic carbocycles. The Balaban J connectivity index is 1.75. The summed E-state index contributed by atoms with van der Waals surface area (Å²) in [6.07, 6.45) is 0. The van der Waals surface area contributed by atoms with Gasteiger partial charge in [0.25, 0.3) is 11.8 Å². The highest BCUT2D eigenvalue weighted by Crippen LogP contribution is 2.29. The summed E-state index contributed by atoms with van der Waals surface area (Å²) >= 11 is 0. The lowest BCUT2D eigenvalue weighted by Gasteiger charge is -2.40. The van der Waals surface area contributed by atoms with Gasteiger partial charge in [0, 0.05) is 0 Å². The molecule has 3 rings (SSSR count). The van der Waals surface area contributed by atoms with Crippen LogP contribution in [0.15, 0.2) is 48.5 Å². The number of ether oxygens (including phenoxy) is 1. The number of carbonyl (C=O) groups excluding carboxylic acids is 3. The molecule has 2 aromatic carbocycles. The van der Waals surface area contributed by atoms with Crippen molar-refractivity contribution in [1.82, 2.24) is 15.7 Å². The van der Waals surface area contributed by atoms with Crippen LogP contribution < -0.4 is 10.8 Å². The van der Waals surface area contributed by atoms with Gasteiger partial charge >= 0.3 is 6.03 Å². The second kappa shape index (κ2) is 9.23. The first-order valence-corrected chi connectivity index (χ1v) is 9.77. The van der Waals surface area contributed by atoms with Gasteiger partial charge in [0.1, 0.15) is 5.82 Å². The SMILES string of the molecule is CC(C)C(COCc1ccc(-c2cccc(F)c2)cc1)(C(=O)NO)N1C(=O)CNC1=O. The van der Waals surface area contributed by atoms with E-state index in [1.165, 1.54) is 12.1 Å². The van der Waals surface area contributed by atoms with E-state index >= 15 is 0 Å². The Morgan fingerprint density at radius 1 is 1.23 bits per heavy atom. The lowest BCUT2D eigenvalue weighted by atomic mass is 9.84. The van der Waals surface area contributed by atoms with Gasteiger partial charge in [0.2, 0.25) is 0 Å². The predicted molar refractivity (Wildman–Crippen MR) is 109 cm³/mol. The normalized spacial score (nSPS) is 15.7. The fraction of sp³-hybridized carbons (Fsp3) is 0.318. The minimum atomic E-state index is -1.71. The van der Waals surface area contributed by atoms with Crippen molar-refractivity contribution in [3.63, 3.8) is 0 Å². The molecule has 1 fully saturated rings. The number of carbonyl (C=O) groups is 3. The van der Waals surface area contributed by atoms with Gasteiger partial charge in [0.05, 0.1) is 19.8 Å². The van der Waals surface area contributed by atoms with Crippen molar-refractivity contribution in [2.24, 2.45) is 5.92 Å². The maximum absolute atomic E-state index is 13.4. The second-order valence-corrected chi connectivity index (χ2v) is 7.61. The number of amides is 4. The molecule has 164 valence electrons. The van der Waals surface area contributed by atoms with Crippen LogP contribution in [0.2, 0.25) is 0 Å². The highest BCUT2D eigenvalue weighted by atomic mass is 19.1. The van der Waals surface area contributed by atoms with Crippen LogP contribution in [0, 0.1) is 11.7 Å². The number of nitrogens with zero attached hydrogens (tertiary/aromatic N) is 1. The third kappa shape index (κ3) is 4.42. The van der Waals surface area contributed by atoms with E-state index in [1.807, 2.05) is 12.1 Å². The molecule has 0 bridgehead atoms. The smallest absolute Gasteiger partial charge is 0.325 e. The van der Waals surface area contributed by atoms with Crippen LogP contribution in [-0.2, 0) is 20.9 Å². The minimum absolute atomic E-state index is 0.0975. The highest BCUT2D eigenvalue weighted by Gasteiger charge is 2.54. The van der Waals surface area contributed by atoms with E-state index in [4.69, 9.17) is 4.74 Å². The number of hydrogen-bond acceptors (Lipinski definition) is 5. The molecule has 0 radical (unpaired) electrons. The summed E-state index contributed by atoms with van der Waals surface area (Å²) in [5.74, 6) is -2.35. The molecule has 1 aliphatic heterocycles. The lowest BCUT2D eigenvalue weighted by Crippen LogP contribution is -2.66. The fourth-order valence-electron chi connectivity index (χ4n) is 3.63. The summed E-state index contributed by atoms with van der Waals surface area (Å²) in [5, 5.41) is 11.7. The molecular formula is C22H24FN3O5. The molecule has 4 amide bonds. The van der Waals surface area contributed by atoms with Crippen LogP contribution in [-0.4, -0.2) is 46.6 Å². The Morgan fingerprint density at radius 3 is 2.48 bits per heavy atom. The Kier molecular flexibility index (Phi) is 6.67. The first-order chi connectivity index (χ1) is 14.8.